The lowest BCUT2D eigenvalue weighted by Crippen LogP contribution is -2.47. The van der Waals surface area contributed by atoms with Gasteiger partial charge in [-0.3, -0.25) is 14.4 Å². The Morgan fingerprint density at radius 3 is 2.00 bits per heavy atom. The van der Waals surface area contributed by atoms with Gasteiger partial charge in [-0.1, -0.05) is 6.92 Å². The summed E-state index contributed by atoms with van der Waals surface area (Å²) in [6.45, 7) is 1.55. The van der Waals surface area contributed by atoms with Crippen LogP contribution in [0.1, 0.15) is 26.2 Å². The molecule has 0 aromatic rings. The molecule has 0 spiro atoms. The molecule has 0 bridgehead atoms. The molecular formula is C10H17NO6. The fourth-order valence-corrected chi connectivity index (χ4v) is 1.34. The number of carboxylic acids is 3. The number of carbonyl (C=O) groups is 3. The standard InChI is InChI=1S/C10H17NO6/c1-2-10(8(14)15,9(16)17)6-11-5-3-4-7(12)13/h11H,2-6H2,1H3,(H,12,13)(H,14,15)(H,16,17). The fraction of sp³-hybridized carbons (Fsp3) is 0.700. The van der Waals surface area contributed by atoms with E-state index in [2.05, 4.69) is 5.32 Å². The number of aliphatic carboxylic acids is 3. The first-order valence-electron chi connectivity index (χ1n) is 5.26. The van der Waals surface area contributed by atoms with Crippen LogP contribution in [0.2, 0.25) is 0 Å². The van der Waals surface area contributed by atoms with Crippen molar-refractivity contribution >= 4 is 17.9 Å². The molecule has 0 rings (SSSR count). The van der Waals surface area contributed by atoms with E-state index in [1.54, 1.807) is 0 Å². The van der Waals surface area contributed by atoms with Gasteiger partial charge in [0.05, 0.1) is 0 Å². The topological polar surface area (TPSA) is 124 Å². The number of nitrogens with one attached hydrogen (secondary N) is 1. The lowest BCUT2D eigenvalue weighted by molar-refractivity contribution is -0.164. The number of hydrogen-bond acceptors (Lipinski definition) is 4. The molecule has 7 nitrogen and oxygen atoms in total. The molecule has 0 aliphatic carbocycles. The molecule has 0 aromatic carbocycles. The second-order valence-corrected chi connectivity index (χ2v) is 3.72. The monoisotopic (exact) mass is 247 g/mol. The van der Waals surface area contributed by atoms with E-state index in [1.807, 2.05) is 0 Å². The zero-order valence-corrected chi connectivity index (χ0v) is 9.60. The van der Waals surface area contributed by atoms with E-state index in [0.29, 0.717) is 6.42 Å². The summed E-state index contributed by atoms with van der Waals surface area (Å²) in [6.07, 6.45) is 0.254. The Morgan fingerprint density at radius 1 is 1.12 bits per heavy atom. The zero-order valence-electron chi connectivity index (χ0n) is 9.60. The first-order chi connectivity index (χ1) is 7.86. The minimum absolute atomic E-state index is 0.0354. The number of rotatable bonds is 9. The smallest absolute Gasteiger partial charge is 0.322 e. The normalized spacial score (nSPS) is 11.1. The molecule has 0 aliphatic heterocycles. The summed E-state index contributed by atoms with van der Waals surface area (Å²) in [5, 5.41) is 28.9. The molecule has 0 atom stereocenters. The average molecular weight is 247 g/mol. The van der Waals surface area contributed by atoms with Crippen LogP contribution in [0.15, 0.2) is 0 Å². The molecule has 0 amide bonds. The molecule has 0 fully saturated rings. The van der Waals surface area contributed by atoms with Crippen LogP contribution >= 0.6 is 0 Å². The Bertz CT molecular complexity index is 287. The summed E-state index contributed by atoms with van der Waals surface area (Å²) in [4.78, 5) is 32.1. The fourth-order valence-electron chi connectivity index (χ4n) is 1.34. The minimum Gasteiger partial charge on any atom is -0.481 e. The predicted molar refractivity (Wildman–Crippen MR) is 57.7 cm³/mol. The van der Waals surface area contributed by atoms with Crippen molar-refractivity contribution in [1.82, 2.24) is 5.32 Å². The van der Waals surface area contributed by atoms with Crippen molar-refractivity contribution in [2.24, 2.45) is 5.41 Å². The van der Waals surface area contributed by atoms with Gasteiger partial charge >= 0.3 is 17.9 Å². The van der Waals surface area contributed by atoms with E-state index in [-0.39, 0.29) is 25.9 Å². The van der Waals surface area contributed by atoms with E-state index in [1.165, 1.54) is 6.92 Å². The molecular weight excluding hydrogens is 230 g/mol. The predicted octanol–water partition coefficient (Wildman–Crippen LogP) is 0.00640. The number of hydrogen-bond donors (Lipinski definition) is 4. The average Bonchev–Trinajstić information content (AvgIpc) is 2.22. The molecule has 0 aliphatic rings. The SMILES string of the molecule is CCC(CNCCCC(=O)O)(C(=O)O)C(=O)O. The van der Waals surface area contributed by atoms with Crippen LogP contribution in [0.5, 0.6) is 0 Å². The molecule has 0 heterocycles. The van der Waals surface area contributed by atoms with E-state index >= 15 is 0 Å². The molecule has 0 saturated carbocycles. The van der Waals surface area contributed by atoms with Gasteiger partial charge in [0.25, 0.3) is 0 Å². The van der Waals surface area contributed by atoms with Crippen LogP contribution in [0.25, 0.3) is 0 Å². The zero-order chi connectivity index (χ0) is 13.5. The van der Waals surface area contributed by atoms with Crippen molar-refractivity contribution in [2.45, 2.75) is 26.2 Å². The maximum atomic E-state index is 11.0. The van der Waals surface area contributed by atoms with E-state index in [4.69, 9.17) is 15.3 Å². The third kappa shape index (κ3) is 4.39. The second-order valence-electron chi connectivity index (χ2n) is 3.72. The van der Waals surface area contributed by atoms with Gasteiger partial charge in [-0.15, -0.1) is 0 Å². The molecule has 7 heteroatoms. The summed E-state index contributed by atoms with van der Waals surface area (Å²) in [5.74, 6) is -3.72. The second kappa shape index (κ2) is 6.85. The molecule has 0 saturated heterocycles. The highest BCUT2D eigenvalue weighted by atomic mass is 16.4. The van der Waals surface area contributed by atoms with Gasteiger partial charge in [0.15, 0.2) is 5.41 Å². The van der Waals surface area contributed by atoms with Gasteiger partial charge in [0.2, 0.25) is 0 Å². The summed E-state index contributed by atoms with van der Waals surface area (Å²) in [5.41, 5.74) is -1.84. The Kier molecular flexibility index (Phi) is 6.19. The van der Waals surface area contributed by atoms with Crippen molar-refractivity contribution in [2.75, 3.05) is 13.1 Å². The highest BCUT2D eigenvalue weighted by Crippen LogP contribution is 2.21. The molecule has 17 heavy (non-hydrogen) atoms. The Hall–Kier alpha value is -1.63. The van der Waals surface area contributed by atoms with Crippen LogP contribution < -0.4 is 5.32 Å². The highest BCUT2D eigenvalue weighted by molar-refractivity contribution is 5.98. The Morgan fingerprint density at radius 2 is 1.65 bits per heavy atom. The molecule has 98 valence electrons. The van der Waals surface area contributed by atoms with Crippen molar-refractivity contribution < 1.29 is 29.7 Å². The quantitative estimate of drug-likeness (QED) is 0.334. The van der Waals surface area contributed by atoms with Gasteiger partial charge < -0.3 is 20.6 Å². The van der Waals surface area contributed by atoms with Crippen molar-refractivity contribution in [3.05, 3.63) is 0 Å². The van der Waals surface area contributed by atoms with Gasteiger partial charge in [0.1, 0.15) is 0 Å². The third-order valence-corrected chi connectivity index (χ3v) is 2.59. The summed E-state index contributed by atoms with van der Waals surface area (Å²) in [7, 11) is 0. The Labute approximate surface area is 98.4 Å². The Balaban J connectivity index is 4.24. The minimum atomic E-state index is -1.84. The first-order valence-corrected chi connectivity index (χ1v) is 5.26. The first kappa shape index (κ1) is 15.4. The van der Waals surface area contributed by atoms with Crippen molar-refractivity contribution in [3.63, 3.8) is 0 Å². The lowest BCUT2D eigenvalue weighted by atomic mass is 9.85. The van der Waals surface area contributed by atoms with E-state index in [0.717, 1.165) is 0 Å². The van der Waals surface area contributed by atoms with E-state index < -0.39 is 23.3 Å². The van der Waals surface area contributed by atoms with Crippen LogP contribution in [-0.2, 0) is 14.4 Å². The maximum Gasteiger partial charge on any atom is 0.322 e. The van der Waals surface area contributed by atoms with Gasteiger partial charge in [-0.2, -0.15) is 0 Å². The molecule has 4 N–H and O–H groups in total. The van der Waals surface area contributed by atoms with Crippen molar-refractivity contribution in [1.29, 1.82) is 0 Å². The summed E-state index contributed by atoms with van der Waals surface area (Å²) < 4.78 is 0. The molecule has 0 aromatic heterocycles. The van der Waals surface area contributed by atoms with Crippen LogP contribution in [0.3, 0.4) is 0 Å². The van der Waals surface area contributed by atoms with Crippen LogP contribution in [0.4, 0.5) is 0 Å². The van der Waals surface area contributed by atoms with Crippen LogP contribution in [-0.4, -0.2) is 46.3 Å². The lowest BCUT2D eigenvalue weighted by Gasteiger charge is -2.23. The largest absolute Gasteiger partial charge is 0.481 e. The third-order valence-electron chi connectivity index (χ3n) is 2.59. The molecule has 0 radical (unpaired) electrons. The number of carboxylic acid groups (broad SMARTS) is 3. The summed E-state index contributed by atoms with van der Waals surface area (Å²) in [6, 6.07) is 0. The maximum absolute atomic E-state index is 11.0. The van der Waals surface area contributed by atoms with Gasteiger partial charge in [0, 0.05) is 13.0 Å². The van der Waals surface area contributed by atoms with Crippen molar-refractivity contribution in [3.8, 4) is 0 Å². The van der Waals surface area contributed by atoms with Gasteiger partial charge in [-0.25, -0.2) is 0 Å². The molecule has 0 unspecified atom stereocenters. The highest BCUT2D eigenvalue weighted by Gasteiger charge is 2.44. The van der Waals surface area contributed by atoms with Crippen LogP contribution in [0, 0.1) is 5.41 Å². The van der Waals surface area contributed by atoms with Gasteiger partial charge in [-0.05, 0) is 19.4 Å². The van der Waals surface area contributed by atoms with E-state index in [9.17, 15) is 14.4 Å². The summed E-state index contributed by atoms with van der Waals surface area (Å²) >= 11 is 0.